The monoisotopic (exact) mass is 568 g/mol. The molecule has 1 unspecified atom stereocenters. The molecule has 1 N–H and O–H groups in total. The molecule has 0 saturated heterocycles. The van der Waals surface area contributed by atoms with Gasteiger partial charge in [0.15, 0.2) is 10.1 Å². The number of anilines is 1. The third-order valence-electron chi connectivity index (χ3n) is 5.87. The predicted molar refractivity (Wildman–Crippen MR) is 145 cm³/mol. The molecule has 1 aliphatic rings. The summed E-state index contributed by atoms with van der Waals surface area (Å²) in [6.07, 6.45) is 0. The number of methoxy groups -OCH3 is 1. The molecule has 0 bridgehead atoms. The number of carbonyl (C=O) groups excluding carboxylic acids is 2. The van der Waals surface area contributed by atoms with Gasteiger partial charge in [-0.1, -0.05) is 47.4 Å². The largest absolute Gasteiger partial charge is 0.503 e. The molecule has 8 nitrogen and oxygen atoms in total. The topological polar surface area (TPSA) is 106 Å². The highest BCUT2D eigenvalue weighted by atomic mass is 32.2. The molecule has 4 aromatic rings. The van der Waals surface area contributed by atoms with Crippen LogP contribution in [0.4, 0.5) is 9.52 Å². The number of benzene rings is 2. The van der Waals surface area contributed by atoms with Crippen LogP contribution in [0, 0.1) is 19.7 Å². The summed E-state index contributed by atoms with van der Waals surface area (Å²) in [4.78, 5) is 33.1. The maximum atomic E-state index is 13.7. The van der Waals surface area contributed by atoms with Crippen molar-refractivity contribution in [3.63, 3.8) is 0 Å². The molecule has 0 radical (unpaired) electrons. The number of aliphatic hydroxyl groups is 1. The van der Waals surface area contributed by atoms with E-state index < -0.39 is 23.5 Å². The highest BCUT2D eigenvalue weighted by Crippen LogP contribution is 2.44. The normalized spacial score (nSPS) is 15.4. The number of rotatable bonds is 8. The Labute approximate surface area is 229 Å². The standard InChI is InChI=1S/C26H21FN4O4S3/c1-13-23(37-14(2)28-13)21(32)19-20(16-6-10-18(35-3)11-7-16)31(24(34)22(19)33)25-29-30-26(38-25)36-12-15-4-8-17(27)9-5-15/h4-11,20,33H,12H2,1-3H3. The first-order valence-corrected chi connectivity index (χ1v) is 14.0. The highest BCUT2D eigenvalue weighted by Gasteiger charge is 2.46. The number of ether oxygens (including phenoxy) is 1. The minimum Gasteiger partial charge on any atom is -0.503 e. The molecule has 1 aliphatic heterocycles. The van der Waals surface area contributed by atoms with Gasteiger partial charge in [-0.2, -0.15) is 0 Å². The van der Waals surface area contributed by atoms with E-state index in [1.807, 2.05) is 0 Å². The zero-order valence-electron chi connectivity index (χ0n) is 20.5. The van der Waals surface area contributed by atoms with E-state index in [2.05, 4.69) is 15.2 Å². The van der Waals surface area contributed by atoms with Gasteiger partial charge in [0.2, 0.25) is 10.9 Å². The summed E-state index contributed by atoms with van der Waals surface area (Å²) >= 11 is 3.77. The molecule has 12 heteroatoms. The highest BCUT2D eigenvalue weighted by molar-refractivity contribution is 8.00. The number of hydrogen-bond acceptors (Lipinski definition) is 10. The SMILES string of the molecule is COc1ccc(C2C(C(=O)c3sc(C)nc3C)=C(O)C(=O)N2c2nnc(SCc3ccc(F)cc3)s2)cc1. The van der Waals surface area contributed by atoms with Gasteiger partial charge in [0.1, 0.15) is 11.6 Å². The lowest BCUT2D eigenvalue weighted by molar-refractivity contribution is -0.117. The molecular weight excluding hydrogens is 548 g/mol. The predicted octanol–water partition coefficient (Wildman–Crippen LogP) is 5.83. The van der Waals surface area contributed by atoms with Crippen LogP contribution >= 0.6 is 34.4 Å². The van der Waals surface area contributed by atoms with Crippen LogP contribution in [0.1, 0.15) is 37.5 Å². The van der Waals surface area contributed by atoms with Crippen molar-refractivity contribution in [3.8, 4) is 5.75 Å². The molecule has 2 aromatic heterocycles. The van der Waals surface area contributed by atoms with Crippen LogP contribution in [-0.4, -0.2) is 39.1 Å². The van der Waals surface area contributed by atoms with Crippen molar-refractivity contribution in [1.29, 1.82) is 0 Å². The number of Topliss-reactive ketones (excluding diaryl/α,β-unsaturated/α-hetero) is 1. The van der Waals surface area contributed by atoms with Crippen molar-refractivity contribution in [2.75, 3.05) is 12.0 Å². The second kappa shape index (κ2) is 10.6. The van der Waals surface area contributed by atoms with Gasteiger partial charge in [0.25, 0.3) is 5.91 Å². The van der Waals surface area contributed by atoms with Crippen LogP contribution in [0.3, 0.4) is 0 Å². The van der Waals surface area contributed by atoms with E-state index in [1.54, 1.807) is 57.4 Å². The fraction of sp³-hybridized carbons (Fsp3) is 0.192. The molecular formula is C26H21FN4O4S3. The van der Waals surface area contributed by atoms with Crippen molar-refractivity contribution >= 4 is 51.3 Å². The Balaban J connectivity index is 1.50. The average Bonchev–Trinajstić information content (AvgIpc) is 3.59. The summed E-state index contributed by atoms with van der Waals surface area (Å²) in [7, 11) is 1.54. The zero-order chi connectivity index (χ0) is 27.0. The van der Waals surface area contributed by atoms with Crippen LogP contribution in [0.25, 0.3) is 0 Å². The number of halogens is 1. The van der Waals surface area contributed by atoms with E-state index in [1.165, 1.54) is 51.5 Å². The number of amides is 1. The lowest BCUT2D eigenvalue weighted by atomic mass is 9.95. The molecule has 2 aromatic carbocycles. The van der Waals surface area contributed by atoms with Gasteiger partial charge in [-0.3, -0.25) is 14.5 Å². The average molecular weight is 569 g/mol. The Morgan fingerprint density at radius 3 is 2.45 bits per heavy atom. The third-order valence-corrected chi connectivity index (χ3v) is 9.07. The Morgan fingerprint density at radius 1 is 1.11 bits per heavy atom. The van der Waals surface area contributed by atoms with E-state index in [4.69, 9.17) is 4.74 Å². The molecule has 194 valence electrons. The number of aryl methyl sites for hydroxylation is 2. The van der Waals surface area contributed by atoms with Crippen molar-refractivity contribution < 1.29 is 23.8 Å². The second-order valence-corrected chi connectivity index (χ2v) is 11.7. The quantitative estimate of drug-likeness (QED) is 0.161. The summed E-state index contributed by atoms with van der Waals surface area (Å²) in [5.74, 6) is -0.999. The number of nitrogens with zero attached hydrogens (tertiary/aromatic N) is 4. The van der Waals surface area contributed by atoms with Crippen LogP contribution in [-0.2, 0) is 10.5 Å². The van der Waals surface area contributed by atoms with Gasteiger partial charge < -0.3 is 9.84 Å². The Kier molecular flexibility index (Phi) is 7.28. The molecule has 5 rings (SSSR count). The van der Waals surface area contributed by atoms with Gasteiger partial charge in [-0.25, -0.2) is 9.37 Å². The molecule has 0 spiro atoms. The maximum Gasteiger partial charge on any atom is 0.296 e. The molecule has 0 saturated carbocycles. The molecule has 3 heterocycles. The van der Waals surface area contributed by atoms with Crippen molar-refractivity contribution in [3.05, 3.63) is 92.4 Å². The van der Waals surface area contributed by atoms with E-state index in [-0.39, 0.29) is 16.5 Å². The van der Waals surface area contributed by atoms with Crippen LogP contribution < -0.4 is 9.64 Å². The summed E-state index contributed by atoms with van der Waals surface area (Å²) < 4.78 is 19.1. The zero-order valence-corrected chi connectivity index (χ0v) is 22.9. The van der Waals surface area contributed by atoms with Gasteiger partial charge in [0, 0.05) is 5.75 Å². The lowest BCUT2D eigenvalue weighted by Gasteiger charge is -2.24. The first kappa shape index (κ1) is 26.0. The second-order valence-electron chi connectivity index (χ2n) is 8.36. The molecule has 1 atom stereocenters. The molecule has 1 amide bonds. The van der Waals surface area contributed by atoms with E-state index in [9.17, 15) is 19.1 Å². The number of thioether (sulfide) groups is 1. The fourth-order valence-electron chi connectivity index (χ4n) is 4.08. The number of hydrogen-bond donors (Lipinski definition) is 1. The Bertz CT molecular complexity index is 1550. The van der Waals surface area contributed by atoms with E-state index >= 15 is 0 Å². The Morgan fingerprint density at radius 2 is 1.82 bits per heavy atom. The maximum absolute atomic E-state index is 13.7. The van der Waals surface area contributed by atoms with Crippen LogP contribution in [0.15, 0.2) is 64.2 Å². The van der Waals surface area contributed by atoms with Crippen molar-refractivity contribution in [2.24, 2.45) is 0 Å². The summed E-state index contributed by atoms with van der Waals surface area (Å²) in [5.41, 5.74) is 2.00. The van der Waals surface area contributed by atoms with E-state index in [0.29, 0.717) is 37.0 Å². The van der Waals surface area contributed by atoms with Crippen LogP contribution in [0.2, 0.25) is 0 Å². The van der Waals surface area contributed by atoms with Crippen molar-refractivity contribution in [1.82, 2.24) is 15.2 Å². The number of ketones is 1. The fourth-order valence-corrected chi connectivity index (χ4v) is 6.78. The number of aromatic nitrogens is 3. The first-order valence-electron chi connectivity index (χ1n) is 11.4. The number of carbonyl (C=O) groups is 2. The minimum atomic E-state index is -0.925. The van der Waals surface area contributed by atoms with Crippen LogP contribution in [0.5, 0.6) is 5.75 Å². The summed E-state index contributed by atoms with van der Waals surface area (Å²) in [5, 5.41) is 20.3. The molecule has 0 fully saturated rings. The molecule has 38 heavy (non-hydrogen) atoms. The first-order chi connectivity index (χ1) is 18.3. The summed E-state index contributed by atoms with van der Waals surface area (Å²) in [6, 6.07) is 12.2. The molecule has 0 aliphatic carbocycles. The van der Waals surface area contributed by atoms with Crippen molar-refractivity contribution in [2.45, 2.75) is 30.0 Å². The van der Waals surface area contributed by atoms with E-state index in [0.717, 1.165) is 5.56 Å². The van der Waals surface area contributed by atoms with Gasteiger partial charge in [0.05, 0.1) is 34.3 Å². The summed E-state index contributed by atoms with van der Waals surface area (Å²) in [6.45, 7) is 3.52. The van der Waals surface area contributed by atoms with Gasteiger partial charge in [-0.05, 0) is 49.2 Å². The Hall–Kier alpha value is -3.61. The van der Waals surface area contributed by atoms with Gasteiger partial charge in [-0.15, -0.1) is 21.5 Å². The number of thiazole rings is 1. The number of aliphatic hydroxyl groups excluding tert-OH is 1. The minimum absolute atomic E-state index is 0.0392. The van der Waals surface area contributed by atoms with Gasteiger partial charge >= 0.3 is 0 Å². The smallest absolute Gasteiger partial charge is 0.296 e. The lowest BCUT2D eigenvalue weighted by Crippen LogP contribution is -2.31. The third kappa shape index (κ3) is 4.94.